The number of benzene rings is 1. The predicted octanol–water partition coefficient (Wildman–Crippen LogP) is 5.97. The van der Waals surface area contributed by atoms with Crippen molar-refractivity contribution in [1.29, 1.82) is 0 Å². The third-order valence-corrected chi connectivity index (χ3v) is 9.37. The zero-order valence-corrected chi connectivity index (χ0v) is 21.3. The number of aromatic nitrogens is 2. The largest absolute Gasteiger partial charge is 0.336 e. The van der Waals surface area contributed by atoms with Crippen LogP contribution in [-0.2, 0) is 13.0 Å². The molecule has 1 aliphatic carbocycles. The molecule has 3 aromatic rings. The van der Waals surface area contributed by atoms with Crippen LogP contribution < -0.4 is 4.90 Å². The maximum Gasteiger partial charge on any atom is 0.282 e. The first-order valence-electron chi connectivity index (χ1n) is 13.1. The van der Waals surface area contributed by atoms with Crippen molar-refractivity contribution < 1.29 is 13.6 Å². The number of carbonyl (C=O) groups is 1. The van der Waals surface area contributed by atoms with Crippen LogP contribution in [0.5, 0.6) is 0 Å². The van der Waals surface area contributed by atoms with Gasteiger partial charge in [-0.3, -0.25) is 14.7 Å². The number of ketones is 1. The Morgan fingerprint density at radius 1 is 1.08 bits per heavy atom. The van der Waals surface area contributed by atoms with E-state index in [9.17, 15) is 13.6 Å². The quantitative estimate of drug-likeness (QED) is 0.366. The zero-order valence-electron chi connectivity index (χ0n) is 20.5. The Morgan fingerprint density at radius 2 is 1.89 bits per heavy atom. The van der Waals surface area contributed by atoms with E-state index in [1.807, 2.05) is 30.3 Å². The van der Waals surface area contributed by atoms with Gasteiger partial charge >= 0.3 is 0 Å². The lowest BCUT2D eigenvalue weighted by molar-refractivity contribution is -0.0263. The Balaban J connectivity index is 0.960. The summed E-state index contributed by atoms with van der Waals surface area (Å²) >= 11 is 1.60. The van der Waals surface area contributed by atoms with Gasteiger partial charge in [-0.25, -0.2) is 13.8 Å². The number of halogens is 2. The fourth-order valence-corrected chi connectivity index (χ4v) is 7.08. The fraction of sp³-hybridized carbons (Fsp3) is 0.536. The molecular weight excluding hydrogens is 478 g/mol. The molecule has 0 spiro atoms. The molecule has 190 valence electrons. The minimum atomic E-state index is -2.56. The molecule has 0 unspecified atom stereocenters. The molecule has 6 rings (SSSR count). The number of Topliss-reactive ketones (excluding diaryl/α,β-unsaturated/α-hetero) is 1. The highest BCUT2D eigenvalue weighted by Gasteiger charge is 2.45. The van der Waals surface area contributed by atoms with E-state index in [-0.39, 0.29) is 18.9 Å². The standard InChI is InChI=1S/C28H32F2N4OS/c29-28(30)17-34(18-28)27-32-24-16-33(14-11-26(24)36-27)13-10-19-6-8-20(9-7-19)15-25(35)22-3-1-5-23-21(22)4-2-12-31-23/h1-5,12,19-20H,6-11,13-18H2. The van der Waals surface area contributed by atoms with E-state index < -0.39 is 5.92 Å². The number of anilines is 1. The lowest BCUT2D eigenvalue weighted by Crippen LogP contribution is -2.56. The van der Waals surface area contributed by atoms with Crippen LogP contribution in [0.3, 0.4) is 0 Å². The molecule has 0 N–H and O–H groups in total. The molecule has 4 heterocycles. The van der Waals surface area contributed by atoms with Crippen molar-refractivity contribution in [2.45, 2.75) is 57.4 Å². The second kappa shape index (κ2) is 9.78. The van der Waals surface area contributed by atoms with Gasteiger partial charge in [0.25, 0.3) is 5.92 Å². The van der Waals surface area contributed by atoms with Crippen molar-refractivity contribution in [3.05, 3.63) is 52.7 Å². The van der Waals surface area contributed by atoms with Crippen LogP contribution >= 0.6 is 11.3 Å². The second-order valence-corrected chi connectivity index (χ2v) is 11.8. The molecule has 2 aromatic heterocycles. The monoisotopic (exact) mass is 510 g/mol. The molecule has 2 aliphatic heterocycles. The average Bonchev–Trinajstić information content (AvgIpc) is 3.29. The van der Waals surface area contributed by atoms with Crippen LogP contribution in [0.4, 0.5) is 13.9 Å². The van der Waals surface area contributed by atoms with Crippen molar-refractivity contribution in [3.63, 3.8) is 0 Å². The fourth-order valence-electron chi connectivity index (χ4n) is 6.02. The highest BCUT2D eigenvalue weighted by molar-refractivity contribution is 7.15. The molecule has 0 bridgehead atoms. The molecule has 1 saturated heterocycles. The summed E-state index contributed by atoms with van der Waals surface area (Å²) in [5.74, 6) is -1.13. The van der Waals surface area contributed by atoms with Gasteiger partial charge < -0.3 is 4.90 Å². The predicted molar refractivity (Wildman–Crippen MR) is 139 cm³/mol. The molecular formula is C28H32F2N4OS. The third-order valence-electron chi connectivity index (χ3n) is 8.15. The summed E-state index contributed by atoms with van der Waals surface area (Å²) in [6.07, 6.45) is 9.18. The van der Waals surface area contributed by atoms with Crippen molar-refractivity contribution in [2.75, 3.05) is 31.1 Å². The lowest BCUT2D eigenvalue weighted by atomic mass is 9.78. The van der Waals surface area contributed by atoms with Gasteiger partial charge in [0, 0.05) is 41.5 Å². The van der Waals surface area contributed by atoms with Crippen LogP contribution in [0.2, 0.25) is 0 Å². The molecule has 36 heavy (non-hydrogen) atoms. The molecule has 5 nitrogen and oxygen atoms in total. The minimum absolute atomic E-state index is 0.198. The van der Waals surface area contributed by atoms with Crippen molar-refractivity contribution >= 4 is 33.2 Å². The Kier molecular flexibility index (Phi) is 6.50. The van der Waals surface area contributed by atoms with E-state index in [1.54, 1.807) is 22.4 Å². The van der Waals surface area contributed by atoms with E-state index in [0.29, 0.717) is 18.3 Å². The van der Waals surface area contributed by atoms with E-state index in [2.05, 4.69) is 9.88 Å². The van der Waals surface area contributed by atoms with Crippen LogP contribution in [0.1, 0.15) is 59.5 Å². The normalized spacial score (nSPS) is 23.9. The molecule has 3 aliphatic rings. The van der Waals surface area contributed by atoms with Gasteiger partial charge in [0.2, 0.25) is 0 Å². The zero-order chi connectivity index (χ0) is 24.7. The third kappa shape index (κ3) is 5.02. The number of thiazole rings is 1. The summed E-state index contributed by atoms with van der Waals surface area (Å²) in [5, 5.41) is 1.72. The van der Waals surface area contributed by atoms with Crippen molar-refractivity contribution in [1.82, 2.24) is 14.9 Å². The van der Waals surface area contributed by atoms with Crippen molar-refractivity contribution in [2.24, 2.45) is 11.8 Å². The maximum atomic E-state index is 13.2. The molecule has 0 radical (unpaired) electrons. The van der Waals surface area contributed by atoms with E-state index in [4.69, 9.17) is 4.98 Å². The molecule has 0 atom stereocenters. The Hall–Kier alpha value is -2.45. The summed E-state index contributed by atoms with van der Waals surface area (Å²) in [6, 6.07) is 9.71. The van der Waals surface area contributed by atoms with E-state index >= 15 is 0 Å². The maximum absolute atomic E-state index is 13.2. The number of hydrogen-bond donors (Lipinski definition) is 0. The first-order chi connectivity index (χ1) is 17.4. The SMILES string of the molecule is O=C(CC1CCC(CCN2CCc3sc(N4CC(F)(F)C4)nc3C2)CC1)c1cccc2ncccc12. The summed E-state index contributed by atoms with van der Waals surface area (Å²) < 4.78 is 26.5. The lowest BCUT2D eigenvalue weighted by Gasteiger charge is -2.38. The first-order valence-corrected chi connectivity index (χ1v) is 14.0. The van der Waals surface area contributed by atoms with Crippen LogP contribution in [0.25, 0.3) is 10.9 Å². The van der Waals surface area contributed by atoms with Crippen LogP contribution in [0, 0.1) is 11.8 Å². The summed E-state index contributed by atoms with van der Waals surface area (Å²) in [7, 11) is 0. The van der Waals surface area contributed by atoms with Gasteiger partial charge in [0.1, 0.15) is 0 Å². The summed E-state index contributed by atoms with van der Waals surface area (Å²) in [6.45, 7) is 2.52. The van der Waals surface area contributed by atoms with E-state index in [1.165, 1.54) is 24.1 Å². The average molecular weight is 511 g/mol. The second-order valence-electron chi connectivity index (χ2n) is 10.8. The molecule has 1 aromatic carbocycles. The van der Waals surface area contributed by atoms with Gasteiger partial charge in [0.15, 0.2) is 10.9 Å². The van der Waals surface area contributed by atoms with Crippen LogP contribution in [-0.4, -0.2) is 52.8 Å². The summed E-state index contributed by atoms with van der Waals surface area (Å²) in [5.41, 5.74) is 2.77. The number of rotatable bonds is 7. The minimum Gasteiger partial charge on any atom is -0.336 e. The highest BCUT2D eigenvalue weighted by atomic mass is 32.1. The number of pyridine rings is 1. The first kappa shape index (κ1) is 23.9. The van der Waals surface area contributed by atoms with Gasteiger partial charge in [-0.2, -0.15) is 0 Å². The van der Waals surface area contributed by atoms with Crippen LogP contribution in [0.15, 0.2) is 36.5 Å². The number of carbonyl (C=O) groups excluding carboxylic acids is 1. The number of nitrogens with zero attached hydrogens (tertiary/aromatic N) is 4. The number of alkyl halides is 2. The van der Waals surface area contributed by atoms with E-state index in [0.717, 1.165) is 66.2 Å². The number of hydrogen-bond acceptors (Lipinski definition) is 6. The summed E-state index contributed by atoms with van der Waals surface area (Å²) in [4.78, 5) is 27.6. The van der Waals surface area contributed by atoms with Crippen molar-refractivity contribution in [3.8, 4) is 0 Å². The van der Waals surface area contributed by atoms with Gasteiger partial charge in [-0.15, -0.1) is 11.3 Å². The van der Waals surface area contributed by atoms with Gasteiger partial charge in [-0.05, 0) is 56.2 Å². The van der Waals surface area contributed by atoms with Gasteiger partial charge in [0.05, 0.1) is 24.3 Å². The molecule has 1 saturated carbocycles. The smallest absolute Gasteiger partial charge is 0.282 e. The number of fused-ring (bicyclic) bond motifs is 2. The molecule has 8 heteroatoms. The Bertz CT molecular complexity index is 1240. The topological polar surface area (TPSA) is 49.3 Å². The molecule has 2 fully saturated rings. The highest BCUT2D eigenvalue weighted by Crippen LogP contribution is 2.38. The molecule has 0 amide bonds. The van der Waals surface area contributed by atoms with Gasteiger partial charge in [-0.1, -0.05) is 31.0 Å². The Morgan fingerprint density at radius 3 is 2.69 bits per heavy atom. The Labute approximate surface area is 214 Å².